The zero-order chi connectivity index (χ0) is 18.9. The van der Waals surface area contributed by atoms with Gasteiger partial charge in [0.15, 0.2) is 5.96 Å². The second kappa shape index (κ2) is 12.1. The van der Waals surface area contributed by atoms with Crippen LogP contribution in [-0.2, 0) is 16.6 Å². The van der Waals surface area contributed by atoms with Gasteiger partial charge in [-0.2, -0.15) is 0 Å². The van der Waals surface area contributed by atoms with Crippen molar-refractivity contribution in [1.29, 1.82) is 0 Å². The van der Waals surface area contributed by atoms with E-state index in [1.807, 2.05) is 6.92 Å². The van der Waals surface area contributed by atoms with E-state index in [1.54, 1.807) is 19.0 Å². The predicted molar refractivity (Wildman–Crippen MR) is 122 cm³/mol. The van der Waals surface area contributed by atoms with E-state index in [4.69, 9.17) is 0 Å². The molecule has 0 saturated carbocycles. The fourth-order valence-electron chi connectivity index (χ4n) is 2.33. The van der Waals surface area contributed by atoms with Gasteiger partial charge in [0.2, 0.25) is 5.91 Å². The van der Waals surface area contributed by atoms with Crippen LogP contribution >= 0.6 is 24.0 Å². The van der Waals surface area contributed by atoms with Gasteiger partial charge in [0.1, 0.15) is 0 Å². The van der Waals surface area contributed by atoms with E-state index in [0.717, 1.165) is 25.5 Å². The number of rotatable bonds is 7. The highest BCUT2D eigenvalue weighted by molar-refractivity contribution is 14.0. The number of nitrogens with zero attached hydrogens (tertiary/aromatic N) is 2. The van der Waals surface area contributed by atoms with Crippen molar-refractivity contribution < 1.29 is 4.79 Å². The number of halogens is 1. The molecular weight excluding hydrogens is 439 g/mol. The molecule has 5 nitrogen and oxygen atoms in total. The summed E-state index contributed by atoms with van der Waals surface area (Å²) in [4.78, 5) is 17.6. The second-order valence-corrected chi connectivity index (χ2v) is 7.42. The van der Waals surface area contributed by atoms with Gasteiger partial charge in [-0.3, -0.25) is 9.79 Å². The lowest BCUT2D eigenvalue weighted by atomic mass is 9.86. The number of hydrogen-bond acceptors (Lipinski definition) is 2. The van der Waals surface area contributed by atoms with Crippen LogP contribution in [0, 0.1) is 0 Å². The molecule has 0 aliphatic heterocycles. The standard InChI is InChI=1S/C20H34N4O.HI/c1-7-21-19(23-15-13-18(25)24(5)6)22-14-12-16-8-10-17(11-9-16)20(2,3)4;/h8-11H,7,12-15H2,1-6H3,(H2,21,22,23);1H. The van der Waals surface area contributed by atoms with Crippen molar-refractivity contribution in [2.24, 2.45) is 4.99 Å². The van der Waals surface area contributed by atoms with Crippen molar-refractivity contribution in [1.82, 2.24) is 15.5 Å². The first-order valence-corrected chi connectivity index (χ1v) is 9.05. The summed E-state index contributed by atoms with van der Waals surface area (Å²) >= 11 is 0. The number of guanidine groups is 1. The average molecular weight is 474 g/mol. The molecule has 1 rings (SSSR count). The van der Waals surface area contributed by atoms with Gasteiger partial charge in [-0.05, 0) is 29.9 Å². The summed E-state index contributed by atoms with van der Waals surface area (Å²) in [5.74, 6) is 0.860. The molecule has 1 aromatic rings. The van der Waals surface area contributed by atoms with Crippen molar-refractivity contribution >= 4 is 35.8 Å². The maximum absolute atomic E-state index is 11.6. The highest BCUT2D eigenvalue weighted by Gasteiger charge is 2.12. The van der Waals surface area contributed by atoms with E-state index in [1.165, 1.54) is 11.1 Å². The van der Waals surface area contributed by atoms with E-state index >= 15 is 0 Å². The first-order valence-electron chi connectivity index (χ1n) is 9.05. The number of hydrogen-bond donors (Lipinski definition) is 2. The molecule has 0 aliphatic rings. The van der Waals surface area contributed by atoms with Gasteiger partial charge in [-0.15, -0.1) is 24.0 Å². The van der Waals surface area contributed by atoms with Crippen LogP contribution in [-0.4, -0.2) is 50.5 Å². The summed E-state index contributed by atoms with van der Waals surface area (Å²) in [5.41, 5.74) is 2.84. The third-order valence-corrected chi connectivity index (χ3v) is 3.96. The first-order chi connectivity index (χ1) is 11.7. The van der Waals surface area contributed by atoms with Gasteiger partial charge in [0.25, 0.3) is 0 Å². The number of carbonyl (C=O) groups excluding carboxylic acids is 1. The highest BCUT2D eigenvalue weighted by Crippen LogP contribution is 2.22. The summed E-state index contributed by atoms with van der Waals surface area (Å²) in [5, 5.41) is 6.55. The van der Waals surface area contributed by atoms with Gasteiger partial charge < -0.3 is 15.5 Å². The largest absolute Gasteiger partial charge is 0.357 e. The van der Waals surface area contributed by atoms with Crippen LogP contribution in [0.1, 0.15) is 45.2 Å². The Morgan fingerprint density at radius 1 is 1.12 bits per heavy atom. The van der Waals surface area contributed by atoms with Crippen molar-refractivity contribution in [3.8, 4) is 0 Å². The summed E-state index contributed by atoms with van der Waals surface area (Å²) in [6.45, 7) is 10.8. The minimum absolute atomic E-state index is 0. The Morgan fingerprint density at radius 3 is 2.23 bits per heavy atom. The number of amides is 1. The summed E-state index contributed by atoms with van der Waals surface area (Å²) in [6, 6.07) is 8.81. The second-order valence-electron chi connectivity index (χ2n) is 7.42. The lowest BCUT2D eigenvalue weighted by Gasteiger charge is -2.19. The Bertz CT molecular complexity index is 562. The Balaban J connectivity index is 0.00000625. The Hall–Kier alpha value is -1.31. The Labute approximate surface area is 176 Å². The number of aliphatic imine (C=N–C) groups is 1. The van der Waals surface area contributed by atoms with Crippen molar-refractivity contribution in [3.63, 3.8) is 0 Å². The quantitative estimate of drug-likeness (QED) is 0.363. The number of carbonyl (C=O) groups is 1. The average Bonchev–Trinajstić information content (AvgIpc) is 2.54. The topological polar surface area (TPSA) is 56.7 Å². The number of benzene rings is 1. The van der Waals surface area contributed by atoms with E-state index in [2.05, 4.69) is 60.7 Å². The van der Waals surface area contributed by atoms with Crippen molar-refractivity contribution in [2.75, 3.05) is 33.7 Å². The molecule has 0 unspecified atom stereocenters. The number of nitrogens with one attached hydrogen (secondary N) is 2. The molecule has 1 amide bonds. The Morgan fingerprint density at radius 2 is 1.73 bits per heavy atom. The first kappa shape index (κ1) is 24.7. The SMILES string of the molecule is CCNC(=NCCC(=O)N(C)C)NCCc1ccc(C(C)(C)C)cc1.I. The van der Waals surface area contributed by atoms with E-state index in [9.17, 15) is 4.79 Å². The predicted octanol–water partition coefficient (Wildman–Crippen LogP) is 3.18. The molecular formula is C20H35IN4O. The van der Waals surface area contributed by atoms with Gasteiger partial charge in [-0.1, -0.05) is 45.0 Å². The molecule has 148 valence electrons. The molecule has 6 heteroatoms. The van der Waals surface area contributed by atoms with E-state index in [0.29, 0.717) is 13.0 Å². The summed E-state index contributed by atoms with van der Waals surface area (Å²) in [6.07, 6.45) is 1.36. The highest BCUT2D eigenvalue weighted by atomic mass is 127. The minimum atomic E-state index is 0. The zero-order valence-electron chi connectivity index (χ0n) is 17.1. The van der Waals surface area contributed by atoms with Crippen LogP contribution in [0.4, 0.5) is 0 Å². The zero-order valence-corrected chi connectivity index (χ0v) is 19.4. The molecule has 0 aromatic heterocycles. The van der Waals surface area contributed by atoms with Gasteiger partial charge in [0.05, 0.1) is 6.54 Å². The lowest BCUT2D eigenvalue weighted by molar-refractivity contribution is -0.128. The Kier molecular flexibility index (Phi) is 11.5. The molecule has 0 heterocycles. The molecule has 1 aromatic carbocycles. The fourth-order valence-corrected chi connectivity index (χ4v) is 2.33. The van der Waals surface area contributed by atoms with Crippen molar-refractivity contribution in [2.45, 2.75) is 46.0 Å². The molecule has 0 fully saturated rings. The monoisotopic (exact) mass is 474 g/mol. The van der Waals surface area contributed by atoms with Gasteiger partial charge in [-0.25, -0.2) is 0 Å². The van der Waals surface area contributed by atoms with Crippen LogP contribution in [0.15, 0.2) is 29.3 Å². The normalized spacial score (nSPS) is 11.5. The lowest BCUT2D eigenvalue weighted by Crippen LogP contribution is -2.38. The van der Waals surface area contributed by atoms with Crippen LogP contribution in [0.25, 0.3) is 0 Å². The van der Waals surface area contributed by atoms with E-state index in [-0.39, 0.29) is 35.3 Å². The minimum Gasteiger partial charge on any atom is -0.357 e. The molecule has 0 aliphatic carbocycles. The fraction of sp³-hybridized carbons (Fsp3) is 0.600. The van der Waals surface area contributed by atoms with Crippen LogP contribution < -0.4 is 10.6 Å². The maximum atomic E-state index is 11.6. The van der Waals surface area contributed by atoms with E-state index < -0.39 is 0 Å². The van der Waals surface area contributed by atoms with Crippen molar-refractivity contribution in [3.05, 3.63) is 35.4 Å². The van der Waals surface area contributed by atoms with Gasteiger partial charge in [0, 0.05) is 33.6 Å². The molecule has 26 heavy (non-hydrogen) atoms. The maximum Gasteiger partial charge on any atom is 0.223 e. The molecule has 0 radical (unpaired) electrons. The molecule has 0 saturated heterocycles. The molecule has 0 spiro atoms. The van der Waals surface area contributed by atoms with Gasteiger partial charge >= 0.3 is 0 Å². The van der Waals surface area contributed by atoms with Crippen LogP contribution in [0.2, 0.25) is 0 Å². The smallest absolute Gasteiger partial charge is 0.223 e. The summed E-state index contributed by atoms with van der Waals surface area (Å²) in [7, 11) is 3.53. The third-order valence-electron chi connectivity index (χ3n) is 3.96. The molecule has 0 bridgehead atoms. The van der Waals surface area contributed by atoms with Crippen LogP contribution in [0.3, 0.4) is 0 Å². The summed E-state index contributed by atoms with van der Waals surface area (Å²) < 4.78 is 0. The third kappa shape index (κ3) is 9.40. The van der Waals surface area contributed by atoms with Crippen LogP contribution in [0.5, 0.6) is 0 Å². The molecule has 0 atom stereocenters. The molecule has 2 N–H and O–H groups in total.